The van der Waals surface area contributed by atoms with E-state index in [4.69, 9.17) is 0 Å². The van der Waals surface area contributed by atoms with Gasteiger partial charge in [-0.05, 0) is 6.92 Å². The first-order chi connectivity index (χ1) is 9.60. The standard InChI is InChI=1S/C13H18N6O/c1-4-14-12-8-15-10(6-16-12)9-19-13(20)5-11(7-17-19)18(2)3/h5-8H,4,9H2,1-3H3,(H,14,16). The number of nitrogens with zero attached hydrogens (tertiary/aromatic N) is 5. The predicted molar refractivity (Wildman–Crippen MR) is 78.1 cm³/mol. The molecule has 20 heavy (non-hydrogen) atoms. The molecule has 0 aliphatic heterocycles. The van der Waals surface area contributed by atoms with Crippen LogP contribution in [-0.2, 0) is 6.54 Å². The Bertz CT molecular complexity index is 620. The van der Waals surface area contributed by atoms with Crippen LogP contribution in [0.3, 0.4) is 0 Å². The average molecular weight is 274 g/mol. The van der Waals surface area contributed by atoms with E-state index in [1.54, 1.807) is 24.7 Å². The van der Waals surface area contributed by atoms with Gasteiger partial charge >= 0.3 is 0 Å². The van der Waals surface area contributed by atoms with Gasteiger partial charge < -0.3 is 10.2 Å². The topological polar surface area (TPSA) is 75.9 Å². The summed E-state index contributed by atoms with van der Waals surface area (Å²) in [5.74, 6) is 0.722. The number of rotatable bonds is 5. The molecule has 0 fully saturated rings. The molecule has 0 aromatic carbocycles. The molecule has 7 heteroatoms. The van der Waals surface area contributed by atoms with Crippen molar-refractivity contribution in [2.45, 2.75) is 13.5 Å². The first-order valence-electron chi connectivity index (χ1n) is 6.39. The van der Waals surface area contributed by atoms with Crippen LogP contribution in [0.25, 0.3) is 0 Å². The summed E-state index contributed by atoms with van der Waals surface area (Å²) >= 11 is 0. The van der Waals surface area contributed by atoms with Gasteiger partial charge in [0, 0.05) is 26.7 Å². The summed E-state index contributed by atoms with van der Waals surface area (Å²) < 4.78 is 1.37. The molecule has 0 bridgehead atoms. The molecular weight excluding hydrogens is 256 g/mol. The summed E-state index contributed by atoms with van der Waals surface area (Å²) in [5, 5.41) is 7.20. The van der Waals surface area contributed by atoms with Crippen LogP contribution in [0.5, 0.6) is 0 Å². The van der Waals surface area contributed by atoms with Crippen molar-refractivity contribution in [2.75, 3.05) is 30.9 Å². The van der Waals surface area contributed by atoms with Gasteiger partial charge in [-0.25, -0.2) is 9.67 Å². The number of anilines is 2. The molecule has 0 amide bonds. The predicted octanol–water partition coefficient (Wildman–Crippen LogP) is 0.579. The van der Waals surface area contributed by atoms with E-state index in [0.29, 0.717) is 12.2 Å². The molecule has 2 heterocycles. The van der Waals surface area contributed by atoms with E-state index in [9.17, 15) is 4.79 Å². The Hall–Kier alpha value is -2.44. The van der Waals surface area contributed by atoms with Gasteiger partial charge in [-0.15, -0.1) is 0 Å². The van der Waals surface area contributed by atoms with Gasteiger partial charge in [0.2, 0.25) is 0 Å². The smallest absolute Gasteiger partial charge is 0.269 e. The molecule has 2 rings (SSSR count). The second-order valence-corrected chi connectivity index (χ2v) is 4.53. The van der Waals surface area contributed by atoms with Crippen molar-refractivity contribution in [3.63, 3.8) is 0 Å². The molecule has 0 aliphatic rings. The maximum absolute atomic E-state index is 11.9. The van der Waals surface area contributed by atoms with Gasteiger partial charge in [0.1, 0.15) is 5.82 Å². The van der Waals surface area contributed by atoms with Gasteiger partial charge in [-0.2, -0.15) is 5.10 Å². The molecule has 0 unspecified atom stereocenters. The normalized spacial score (nSPS) is 10.3. The van der Waals surface area contributed by atoms with Crippen LogP contribution in [0.15, 0.2) is 29.5 Å². The van der Waals surface area contributed by atoms with Gasteiger partial charge in [0.05, 0.1) is 36.5 Å². The highest BCUT2D eigenvalue weighted by molar-refractivity contribution is 5.40. The van der Waals surface area contributed by atoms with Crippen molar-refractivity contribution in [1.82, 2.24) is 19.7 Å². The van der Waals surface area contributed by atoms with Crippen LogP contribution in [0.4, 0.5) is 11.5 Å². The number of hydrogen-bond donors (Lipinski definition) is 1. The van der Waals surface area contributed by atoms with Gasteiger partial charge in [-0.1, -0.05) is 0 Å². The molecule has 106 valence electrons. The third-order valence-electron chi connectivity index (χ3n) is 2.75. The highest BCUT2D eigenvalue weighted by atomic mass is 16.1. The SMILES string of the molecule is CCNc1cnc(Cn2ncc(N(C)C)cc2=O)cn1. The number of hydrogen-bond acceptors (Lipinski definition) is 6. The Balaban J connectivity index is 2.15. The van der Waals surface area contributed by atoms with E-state index in [-0.39, 0.29) is 5.56 Å². The Morgan fingerprint density at radius 3 is 2.60 bits per heavy atom. The zero-order valence-corrected chi connectivity index (χ0v) is 11.9. The average Bonchev–Trinajstić information content (AvgIpc) is 2.43. The molecule has 2 aromatic heterocycles. The molecule has 0 saturated heterocycles. The third-order valence-corrected chi connectivity index (χ3v) is 2.75. The van der Waals surface area contributed by atoms with Crippen molar-refractivity contribution < 1.29 is 0 Å². The maximum Gasteiger partial charge on any atom is 0.269 e. The fourth-order valence-corrected chi connectivity index (χ4v) is 1.65. The second-order valence-electron chi connectivity index (χ2n) is 4.53. The molecular formula is C13H18N6O. The van der Waals surface area contributed by atoms with Crippen molar-refractivity contribution in [2.24, 2.45) is 0 Å². The lowest BCUT2D eigenvalue weighted by Crippen LogP contribution is -2.25. The van der Waals surface area contributed by atoms with E-state index >= 15 is 0 Å². The fraction of sp³-hybridized carbons (Fsp3) is 0.385. The van der Waals surface area contributed by atoms with Crippen LogP contribution in [0.1, 0.15) is 12.6 Å². The van der Waals surface area contributed by atoms with Crippen molar-refractivity contribution >= 4 is 11.5 Å². The first kappa shape index (κ1) is 14.0. The molecule has 0 saturated carbocycles. The molecule has 2 aromatic rings. The maximum atomic E-state index is 11.9. The van der Waals surface area contributed by atoms with Gasteiger partial charge in [-0.3, -0.25) is 9.78 Å². The van der Waals surface area contributed by atoms with Crippen LogP contribution in [0, 0.1) is 0 Å². The highest BCUT2D eigenvalue weighted by Gasteiger charge is 2.04. The summed E-state index contributed by atoms with van der Waals surface area (Å²) in [6.07, 6.45) is 4.95. The zero-order valence-electron chi connectivity index (χ0n) is 11.9. The van der Waals surface area contributed by atoms with E-state index in [1.165, 1.54) is 4.68 Å². The lowest BCUT2D eigenvalue weighted by molar-refractivity contribution is 0.625. The third kappa shape index (κ3) is 3.31. The molecule has 0 radical (unpaired) electrons. The monoisotopic (exact) mass is 274 g/mol. The van der Waals surface area contributed by atoms with Crippen LogP contribution >= 0.6 is 0 Å². The molecule has 0 atom stereocenters. The summed E-state index contributed by atoms with van der Waals surface area (Å²) in [7, 11) is 3.73. The van der Waals surface area contributed by atoms with Gasteiger partial charge in [0.15, 0.2) is 0 Å². The van der Waals surface area contributed by atoms with Crippen LogP contribution < -0.4 is 15.8 Å². The first-order valence-corrected chi connectivity index (χ1v) is 6.39. The fourth-order valence-electron chi connectivity index (χ4n) is 1.65. The summed E-state index contributed by atoms with van der Waals surface area (Å²) in [6, 6.07) is 1.55. The Labute approximate surface area is 117 Å². The van der Waals surface area contributed by atoms with E-state index < -0.39 is 0 Å². The van der Waals surface area contributed by atoms with Crippen molar-refractivity contribution in [3.8, 4) is 0 Å². The van der Waals surface area contributed by atoms with Crippen molar-refractivity contribution in [1.29, 1.82) is 0 Å². The van der Waals surface area contributed by atoms with E-state index in [1.807, 2.05) is 25.9 Å². The summed E-state index contributed by atoms with van der Waals surface area (Å²) in [6.45, 7) is 3.10. The lowest BCUT2D eigenvalue weighted by atomic mass is 10.4. The summed E-state index contributed by atoms with van der Waals surface area (Å²) in [5.41, 5.74) is 1.31. The minimum atomic E-state index is -0.159. The van der Waals surface area contributed by atoms with Crippen LogP contribution in [0.2, 0.25) is 0 Å². The van der Waals surface area contributed by atoms with E-state index in [2.05, 4.69) is 20.4 Å². The Morgan fingerprint density at radius 2 is 2.05 bits per heavy atom. The molecule has 7 nitrogen and oxygen atoms in total. The highest BCUT2D eigenvalue weighted by Crippen LogP contribution is 2.05. The quantitative estimate of drug-likeness (QED) is 0.859. The van der Waals surface area contributed by atoms with E-state index in [0.717, 1.165) is 18.1 Å². The second kappa shape index (κ2) is 6.14. The number of nitrogens with one attached hydrogen (secondary N) is 1. The Morgan fingerprint density at radius 1 is 1.25 bits per heavy atom. The minimum Gasteiger partial charge on any atom is -0.376 e. The van der Waals surface area contributed by atoms with Crippen molar-refractivity contribution in [3.05, 3.63) is 40.7 Å². The number of aromatic nitrogens is 4. The molecule has 1 N–H and O–H groups in total. The Kier molecular flexibility index (Phi) is 4.29. The van der Waals surface area contributed by atoms with Crippen LogP contribution in [-0.4, -0.2) is 40.4 Å². The summed E-state index contributed by atoms with van der Waals surface area (Å²) in [4.78, 5) is 22.2. The molecule has 0 aliphatic carbocycles. The largest absolute Gasteiger partial charge is 0.376 e. The lowest BCUT2D eigenvalue weighted by Gasteiger charge is -2.12. The zero-order chi connectivity index (χ0) is 14.5. The minimum absolute atomic E-state index is 0.159. The van der Waals surface area contributed by atoms with Gasteiger partial charge in [0.25, 0.3) is 5.56 Å². The molecule has 0 spiro atoms.